The number of carbonyl (C=O) groups excluding carboxylic acids is 2. The smallest absolute Gasteiger partial charge is 0.245 e. The van der Waals surface area contributed by atoms with E-state index in [0.717, 1.165) is 19.3 Å². The highest BCUT2D eigenvalue weighted by Crippen LogP contribution is 2.34. The second-order valence-corrected chi connectivity index (χ2v) is 7.05. The quantitative estimate of drug-likeness (QED) is 0.863. The Kier molecular flexibility index (Phi) is 4.71. The van der Waals surface area contributed by atoms with E-state index in [1.165, 1.54) is 19.3 Å². The molecule has 4 heteroatoms. The predicted octanol–water partition coefficient (Wildman–Crippen LogP) is 2.47. The Morgan fingerprint density at radius 1 is 1.25 bits per heavy atom. The molecule has 0 spiro atoms. The zero-order valence-corrected chi connectivity index (χ0v) is 13.1. The molecule has 0 aromatic rings. The van der Waals surface area contributed by atoms with Crippen molar-refractivity contribution in [3.05, 3.63) is 0 Å². The van der Waals surface area contributed by atoms with Crippen LogP contribution in [0.1, 0.15) is 65.7 Å². The van der Waals surface area contributed by atoms with Crippen LogP contribution in [0.25, 0.3) is 0 Å². The van der Waals surface area contributed by atoms with Crippen LogP contribution in [0.4, 0.5) is 0 Å². The van der Waals surface area contributed by atoms with Gasteiger partial charge in [-0.3, -0.25) is 9.59 Å². The third kappa shape index (κ3) is 3.33. The minimum atomic E-state index is -0.330. The maximum Gasteiger partial charge on any atom is 0.245 e. The molecule has 1 N–H and O–H groups in total. The van der Waals surface area contributed by atoms with Crippen molar-refractivity contribution in [2.75, 3.05) is 6.54 Å². The van der Waals surface area contributed by atoms with Crippen LogP contribution >= 0.6 is 0 Å². The molecule has 0 aromatic carbocycles. The Morgan fingerprint density at radius 3 is 2.50 bits per heavy atom. The van der Waals surface area contributed by atoms with Crippen molar-refractivity contribution in [2.24, 2.45) is 5.92 Å². The van der Waals surface area contributed by atoms with Crippen LogP contribution in [0.15, 0.2) is 0 Å². The Morgan fingerprint density at radius 2 is 1.90 bits per heavy atom. The fraction of sp³-hybridized carbons (Fsp3) is 0.875. The van der Waals surface area contributed by atoms with Crippen LogP contribution < -0.4 is 5.32 Å². The number of hydrogen-bond acceptors (Lipinski definition) is 2. The van der Waals surface area contributed by atoms with Crippen molar-refractivity contribution < 1.29 is 9.59 Å². The fourth-order valence-corrected chi connectivity index (χ4v) is 3.59. The summed E-state index contributed by atoms with van der Waals surface area (Å²) in [4.78, 5) is 26.7. The van der Waals surface area contributed by atoms with Crippen LogP contribution in [0, 0.1) is 5.92 Å². The van der Waals surface area contributed by atoms with Gasteiger partial charge in [-0.05, 0) is 32.1 Å². The SMILES string of the molecule is CC(C)CC1NC(=O)CCN(C2(C)CCCCC2)C1=O. The lowest BCUT2D eigenvalue weighted by molar-refractivity contribution is -0.140. The van der Waals surface area contributed by atoms with Crippen LogP contribution in [0.5, 0.6) is 0 Å². The van der Waals surface area contributed by atoms with Crippen LogP contribution in [-0.4, -0.2) is 34.8 Å². The summed E-state index contributed by atoms with van der Waals surface area (Å²) in [6.07, 6.45) is 6.97. The highest BCUT2D eigenvalue weighted by molar-refractivity contribution is 5.90. The molecule has 2 fully saturated rings. The summed E-state index contributed by atoms with van der Waals surface area (Å²) in [5.41, 5.74) is -0.0448. The molecule has 1 aliphatic carbocycles. The standard InChI is InChI=1S/C16H28N2O2/c1-12(2)11-13-15(20)18(10-7-14(19)17-13)16(3)8-5-4-6-9-16/h12-13H,4-11H2,1-3H3,(H,17,19). The predicted molar refractivity (Wildman–Crippen MR) is 79.2 cm³/mol. The topological polar surface area (TPSA) is 49.4 Å². The first-order chi connectivity index (χ1) is 9.42. The van der Waals surface area contributed by atoms with Gasteiger partial charge in [0.2, 0.25) is 11.8 Å². The lowest BCUT2D eigenvalue weighted by Gasteiger charge is -2.44. The fourth-order valence-electron chi connectivity index (χ4n) is 3.59. The molecule has 20 heavy (non-hydrogen) atoms. The van der Waals surface area contributed by atoms with E-state index in [0.29, 0.717) is 18.9 Å². The highest BCUT2D eigenvalue weighted by Gasteiger charge is 2.41. The molecular weight excluding hydrogens is 252 g/mol. The minimum absolute atomic E-state index is 0.0194. The third-order valence-corrected chi connectivity index (χ3v) is 4.75. The molecule has 114 valence electrons. The van der Waals surface area contributed by atoms with E-state index in [-0.39, 0.29) is 23.4 Å². The molecule has 1 saturated carbocycles. The number of nitrogens with zero attached hydrogens (tertiary/aromatic N) is 1. The summed E-state index contributed by atoms with van der Waals surface area (Å²) in [6, 6.07) is -0.330. The molecule has 4 nitrogen and oxygen atoms in total. The summed E-state index contributed by atoms with van der Waals surface area (Å²) in [5, 5.41) is 2.92. The zero-order chi connectivity index (χ0) is 14.8. The summed E-state index contributed by atoms with van der Waals surface area (Å²) in [7, 11) is 0. The third-order valence-electron chi connectivity index (χ3n) is 4.75. The van der Waals surface area contributed by atoms with Gasteiger partial charge >= 0.3 is 0 Å². The number of nitrogens with one attached hydrogen (secondary N) is 1. The second-order valence-electron chi connectivity index (χ2n) is 7.05. The molecule has 0 bridgehead atoms. The van der Waals surface area contributed by atoms with Crippen LogP contribution in [0.2, 0.25) is 0 Å². The van der Waals surface area contributed by atoms with Gasteiger partial charge in [-0.1, -0.05) is 33.1 Å². The summed E-state index contributed by atoms with van der Waals surface area (Å²) < 4.78 is 0. The van der Waals surface area contributed by atoms with E-state index in [1.54, 1.807) is 0 Å². The largest absolute Gasteiger partial charge is 0.344 e. The van der Waals surface area contributed by atoms with Gasteiger partial charge in [-0.2, -0.15) is 0 Å². The Labute approximate surface area is 122 Å². The first-order valence-electron chi connectivity index (χ1n) is 8.03. The molecule has 0 aromatic heterocycles. The normalized spacial score (nSPS) is 27.4. The number of hydrogen-bond donors (Lipinski definition) is 1. The van der Waals surface area contributed by atoms with Gasteiger partial charge in [0.25, 0.3) is 0 Å². The molecule has 0 radical (unpaired) electrons. The Balaban J connectivity index is 2.18. The van der Waals surface area contributed by atoms with Gasteiger partial charge in [0.05, 0.1) is 0 Å². The van der Waals surface area contributed by atoms with Crippen molar-refractivity contribution in [1.29, 1.82) is 0 Å². The van der Waals surface area contributed by atoms with Crippen molar-refractivity contribution in [1.82, 2.24) is 10.2 Å². The molecular formula is C16H28N2O2. The Hall–Kier alpha value is -1.06. The first-order valence-corrected chi connectivity index (χ1v) is 8.03. The molecule has 2 rings (SSSR count). The number of rotatable bonds is 3. The van der Waals surface area contributed by atoms with Crippen molar-refractivity contribution in [3.8, 4) is 0 Å². The van der Waals surface area contributed by atoms with Gasteiger partial charge < -0.3 is 10.2 Å². The summed E-state index contributed by atoms with van der Waals surface area (Å²) in [6.45, 7) is 6.97. The molecule has 1 saturated heterocycles. The summed E-state index contributed by atoms with van der Waals surface area (Å²) >= 11 is 0. The van der Waals surface area contributed by atoms with E-state index < -0.39 is 0 Å². The van der Waals surface area contributed by atoms with E-state index in [1.807, 2.05) is 4.90 Å². The lowest BCUT2D eigenvalue weighted by Crippen LogP contribution is -2.55. The molecule has 1 heterocycles. The monoisotopic (exact) mass is 280 g/mol. The van der Waals surface area contributed by atoms with Gasteiger partial charge in [-0.25, -0.2) is 0 Å². The van der Waals surface area contributed by atoms with Crippen molar-refractivity contribution in [2.45, 2.75) is 77.3 Å². The summed E-state index contributed by atoms with van der Waals surface area (Å²) in [5.74, 6) is 0.559. The molecule has 1 atom stereocenters. The zero-order valence-electron chi connectivity index (χ0n) is 13.1. The van der Waals surface area contributed by atoms with E-state index >= 15 is 0 Å². The van der Waals surface area contributed by atoms with Crippen molar-refractivity contribution in [3.63, 3.8) is 0 Å². The van der Waals surface area contributed by atoms with E-state index in [4.69, 9.17) is 0 Å². The average Bonchev–Trinajstić information content (AvgIpc) is 2.50. The average molecular weight is 280 g/mol. The van der Waals surface area contributed by atoms with Gasteiger partial charge in [0, 0.05) is 18.5 Å². The van der Waals surface area contributed by atoms with E-state index in [9.17, 15) is 9.59 Å². The maximum atomic E-state index is 12.8. The van der Waals surface area contributed by atoms with Gasteiger partial charge in [0.1, 0.15) is 6.04 Å². The highest BCUT2D eigenvalue weighted by atomic mass is 16.2. The first kappa shape index (κ1) is 15.3. The molecule has 1 unspecified atom stereocenters. The Bertz CT molecular complexity index is 373. The molecule has 2 aliphatic rings. The van der Waals surface area contributed by atoms with Gasteiger partial charge in [0.15, 0.2) is 0 Å². The van der Waals surface area contributed by atoms with Crippen LogP contribution in [-0.2, 0) is 9.59 Å². The van der Waals surface area contributed by atoms with E-state index in [2.05, 4.69) is 26.1 Å². The minimum Gasteiger partial charge on any atom is -0.344 e. The second kappa shape index (κ2) is 6.15. The van der Waals surface area contributed by atoms with Crippen LogP contribution in [0.3, 0.4) is 0 Å². The molecule has 1 aliphatic heterocycles. The maximum absolute atomic E-state index is 12.8. The van der Waals surface area contributed by atoms with Gasteiger partial charge in [-0.15, -0.1) is 0 Å². The van der Waals surface area contributed by atoms with Crippen molar-refractivity contribution >= 4 is 11.8 Å². The molecule has 2 amide bonds. The number of amides is 2. The lowest BCUT2D eigenvalue weighted by atomic mass is 9.81. The number of carbonyl (C=O) groups is 2.